The highest BCUT2D eigenvalue weighted by molar-refractivity contribution is 6.11. The van der Waals surface area contributed by atoms with E-state index in [1.165, 1.54) is 28.9 Å². The van der Waals surface area contributed by atoms with Gasteiger partial charge in [0.25, 0.3) is 17.2 Å². The SMILES string of the molecule is CCCCCn1nc(C(=O)Nc2ccc([N+](=O)[O-])cc2)c2ccccc2c1=O. The predicted octanol–water partition coefficient (Wildman–Crippen LogP) is 3.75. The van der Waals surface area contributed by atoms with E-state index in [2.05, 4.69) is 17.3 Å². The molecule has 1 aromatic heterocycles. The van der Waals surface area contributed by atoms with Gasteiger partial charge in [-0.05, 0) is 24.6 Å². The second-order valence-electron chi connectivity index (χ2n) is 6.39. The fraction of sp³-hybridized carbons (Fsp3) is 0.250. The molecular formula is C20H20N4O4. The number of nitrogens with zero attached hydrogens (tertiary/aromatic N) is 3. The average Bonchev–Trinajstić information content (AvgIpc) is 2.70. The smallest absolute Gasteiger partial charge is 0.276 e. The maximum Gasteiger partial charge on any atom is 0.276 e. The number of anilines is 1. The number of rotatable bonds is 7. The lowest BCUT2D eigenvalue weighted by Crippen LogP contribution is -2.27. The van der Waals surface area contributed by atoms with Crippen molar-refractivity contribution in [3.8, 4) is 0 Å². The van der Waals surface area contributed by atoms with Crippen molar-refractivity contribution < 1.29 is 9.72 Å². The number of nitrogens with one attached hydrogen (secondary N) is 1. The maximum absolute atomic E-state index is 12.8. The van der Waals surface area contributed by atoms with Crippen molar-refractivity contribution in [2.75, 3.05) is 5.32 Å². The van der Waals surface area contributed by atoms with E-state index in [0.29, 0.717) is 23.0 Å². The molecule has 0 bridgehead atoms. The summed E-state index contributed by atoms with van der Waals surface area (Å²) in [5.74, 6) is -0.478. The minimum absolute atomic E-state index is 0.0638. The zero-order chi connectivity index (χ0) is 20.1. The van der Waals surface area contributed by atoms with Crippen LogP contribution >= 0.6 is 0 Å². The lowest BCUT2D eigenvalue weighted by Gasteiger charge is -2.11. The Kier molecular flexibility index (Phi) is 5.78. The lowest BCUT2D eigenvalue weighted by atomic mass is 10.1. The number of non-ortho nitro benzene ring substituents is 1. The number of nitro groups is 1. The molecule has 0 saturated carbocycles. The van der Waals surface area contributed by atoms with E-state index in [9.17, 15) is 19.7 Å². The summed E-state index contributed by atoms with van der Waals surface area (Å²) in [4.78, 5) is 35.7. The number of carbonyl (C=O) groups excluding carboxylic acids is 1. The molecule has 0 aliphatic carbocycles. The third-order valence-corrected chi connectivity index (χ3v) is 4.39. The zero-order valence-electron chi connectivity index (χ0n) is 15.4. The number of aryl methyl sites for hydroxylation is 1. The Morgan fingerprint density at radius 2 is 1.79 bits per heavy atom. The summed E-state index contributed by atoms with van der Waals surface area (Å²) in [6.45, 7) is 2.51. The van der Waals surface area contributed by atoms with Crippen LogP contribution in [0.3, 0.4) is 0 Å². The summed E-state index contributed by atoms with van der Waals surface area (Å²) in [5.41, 5.74) is 0.264. The van der Waals surface area contributed by atoms with Crippen LogP contribution in [0.15, 0.2) is 53.3 Å². The number of carbonyl (C=O) groups is 1. The minimum Gasteiger partial charge on any atom is -0.321 e. The van der Waals surface area contributed by atoms with E-state index in [-0.39, 0.29) is 16.9 Å². The van der Waals surface area contributed by atoms with Crippen LogP contribution in [-0.4, -0.2) is 20.6 Å². The zero-order valence-corrected chi connectivity index (χ0v) is 15.4. The van der Waals surface area contributed by atoms with Crippen LogP contribution in [0.5, 0.6) is 0 Å². The van der Waals surface area contributed by atoms with Crippen molar-refractivity contribution >= 4 is 28.1 Å². The molecule has 2 aromatic carbocycles. The Morgan fingerprint density at radius 3 is 2.43 bits per heavy atom. The van der Waals surface area contributed by atoms with Gasteiger partial charge in [-0.2, -0.15) is 5.10 Å². The van der Waals surface area contributed by atoms with Crippen molar-refractivity contribution in [2.24, 2.45) is 0 Å². The van der Waals surface area contributed by atoms with Gasteiger partial charge in [-0.1, -0.05) is 38.0 Å². The number of aromatic nitrogens is 2. The Balaban J connectivity index is 1.96. The second-order valence-corrected chi connectivity index (χ2v) is 6.39. The van der Waals surface area contributed by atoms with Crippen LogP contribution in [-0.2, 0) is 6.54 Å². The summed E-state index contributed by atoms with van der Waals surface area (Å²) in [6.07, 6.45) is 2.77. The van der Waals surface area contributed by atoms with Gasteiger partial charge in [0.05, 0.1) is 10.3 Å². The van der Waals surface area contributed by atoms with Crippen molar-refractivity contribution in [1.29, 1.82) is 0 Å². The number of hydrogen-bond acceptors (Lipinski definition) is 5. The molecule has 0 aliphatic heterocycles. The number of nitro benzene ring substituents is 1. The molecule has 1 amide bonds. The Hall–Kier alpha value is -3.55. The van der Waals surface area contributed by atoms with Gasteiger partial charge >= 0.3 is 0 Å². The molecule has 0 fully saturated rings. The van der Waals surface area contributed by atoms with Gasteiger partial charge in [0.2, 0.25) is 0 Å². The number of unbranched alkanes of at least 4 members (excludes halogenated alkanes) is 2. The van der Waals surface area contributed by atoms with Gasteiger partial charge in [-0.15, -0.1) is 0 Å². The Bertz CT molecular complexity index is 1070. The topological polar surface area (TPSA) is 107 Å². The fourth-order valence-electron chi connectivity index (χ4n) is 2.92. The van der Waals surface area contributed by atoms with Gasteiger partial charge in [-0.3, -0.25) is 19.7 Å². The molecule has 144 valence electrons. The van der Waals surface area contributed by atoms with E-state index in [1.54, 1.807) is 24.3 Å². The quantitative estimate of drug-likeness (QED) is 0.382. The van der Waals surface area contributed by atoms with Crippen LogP contribution in [0.4, 0.5) is 11.4 Å². The van der Waals surface area contributed by atoms with Crippen LogP contribution in [0, 0.1) is 10.1 Å². The van der Waals surface area contributed by atoms with Crippen molar-refractivity contribution in [3.63, 3.8) is 0 Å². The van der Waals surface area contributed by atoms with Crippen molar-refractivity contribution in [1.82, 2.24) is 9.78 Å². The molecule has 8 nitrogen and oxygen atoms in total. The molecule has 8 heteroatoms. The Labute approximate surface area is 161 Å². The van der Waals surface area contributed by atoms with Gasteiger partial charge < -0.3 is 5.32 Å². The third-order valence-electron chi connectivity index (χ3n) is 4.39. The lowest BCUT2D eigenvalue weighted by molar-refractivity contribution is -0.384. The molecule has 0 radical (unpaired) electrons. The first kappa shape index (κ1) is 19.2. The van der Waals surface area contributed by atoms with Crippen LogP contribution in [0.25, 0.3) is 10.8 Å². The van der Waals surface area contributed by atoms with Crippen LogP contribution in [0.2, 0.25) is 0 Å². The molecule has 0 aliphatic rings. The highest BCUT2D eigenvalue weighted by Gasteiger charge is 2.17. The maximum atomic E-state index is 12.8. The summed E-state index contributed by atoms with van der Waals surface area (Å²) in [6, 6.07) is 12.4. The second kappa shape index (κ2) is 8.43. The van der Waals surface area contributed by atoms with E-state index in [4.69, 9.17) is 0 Å². The third kappa shape index (κ3) is 4.06. The van der Waals surface area contributed by atoms with Crippen LogP contribution in [0.1, 0.15) is 36.7 Å². The Morgan fingerprint density at radius 1 is 1.11 bits per heavy atom. The van der Waals surface area contributed by atoms with Crippen molar-refractivity contribution in [3.05, 3.63) is 74.7 Å². The molecule has 3 aromatic rings. The monoisotopic (exact) mass is 380 g/mol. The number of amides is 1. The summed E-state index contributed by atoms with van der Waals surface area (Å²) >= 11 is 0. The van der Waals surface area contributed by atoms with E-state index in [1.807, 2.05) is 0 Å². The van der Waals surface area contributed by atoms with E-state index < -0.39 is 10.8 Å². The molecule has 0 atom stereocenters. The average molecular weight is 380 g/mol. The largest absolute Gasteiger partial charge is 0.321 e. The molecular weight excluding hydrogens is 360 g/mol. The van der Waals surface area contributed by atoms with E-state index >= 15 is 0 Å². The standard InChI is InChI=1S/C20H20N4O4/c1-2-3-6-13-23-20(26)17-8-5-4-7-16(17)18(22-23)19(25)21-14-9-11-15(12-10-14)24(27)28/h4-5,7-12H,2-3,6,13H2,1H3,(H,21,25). The fourth-order valence-corrected chi connectivity index (χ4v) is 2.92. The first-order valence-corrected chi connectivity index (χ1v) is 9.07. The summed E-state index contributed by atoms with van der Waals surface area (Å²) in [5, 5.41) is 18.6. The number of fused-ring (bicyclic) bond motifs is 1. The normalized spacial score (nSPS) is 10.8. The van der Waals surface area contributed by atoms with E-state index in [0.717, 1.165) is 19.3 Å². The molecule has 1 heterocycles. The van der Waals surface area contributed by atoms with Gasteiger partial charge in [0.1, 0.15) is 0 Å². The molecule has 28 heavy (non-hydrogen) atoms. The molecule has 0 spiro atoms. The van der Waals surface area contributed by atoms with Gasteiger partial charge in [0.15, 0.2) is 5.69 Å². The first-order chi connectivity index (χ1) is 13.5. The number of hydrogen-bond donors (Lipinski definition) is 1. The number of benzene rings is 2. The molecule has 1 N–H and O–H groups in total. The molecule has 3 rings (SSSR count). The highest BCUT2D eigenvalue weighted by Crippen LogP contribution is 2.18. The summed E-state index contributed by atoms with van der Waals surface area (Å²) in [7, 11) is 0. The highest BCUT2D eigenvalue weighted by atomic mass is 16.6. The minimum atomic E-state index is -0.507. The molecule has 0 unspecified atom stereocenters. The summed E-state index contributed by atoms with van der Waals surface area (Å²) < 4.78 is 1.34. The van der Waals surface area contributed by atoms with Crippen molar-refractivity contribution in [2.45, 2.75) is 32.7 Å². The predicted molar refractivity (Wildman–Crippen MR) is 107 cm³/mol. The first-order valence-electron chi connectivity index (χ1n) is 9.07. The van der Waals surface area contributed by atoms with Gasteiger partial charge in [0, 0.05) is 29.8 Å². The van der Waals surface area contributed by atoms with Gasteiger partial charge in [-0.25, -0.2) is 4.68 Å². The molecule has 0 saturated heterocycles. The van der Waals surface area contributed by atoms with Crippen LogP contribution < -0.4 is 10.9 Å².